The summed E-state index contributed by atoms with van der Waals surface area (Å²) in [7, 11) is 0. The Hall–Kier alpha value is -1.39. The fraction of sp³-hybridized carbons (Fsp3) is 0.588. The zero-order chi connectivity index (χ0) is 14.5. The number of hydrogen-bond acceptors (Lipinski definition) is 3. The van der Waals surface area contributed by atoms with Crippen LogP contribution in [0.5, 0.6) is 0 Å². The lowest BCUT2D eigenvalue weighted by molar-refractivity contribution is -0.123. The van der Waals surface area contributed by atoms with Crippen molar-refractivity contribution < 1.29 is 9.53 Å². The maximum absolute atomic E-state index is 12.1. The molecule has 4 nitrogen and oxygen atoms in total. The number of ether oxygens (including phenoxy) is 1. The van der Waals surface area contributed by atoms with Crippen LogP contribution in [0.1, 0.15) is 31.2 Å². The number of carbonyl (C=O) groups is 1. The average molecular weight is 288 g/mol. The van der Waals surface area contributed by atoms with Crippen molar-refractivity contribution in [1.29, 1.82) is 0 Å². The summed E-state index contributed by atoms with van der Waals surface area (Å²) in [5, 5.41) is 3.02. The largest absolute Gasteiger partial charge is 0.376 e. The summed E-state index contributed by atoms with van der Waals surface area (Å²) in [6.07, 6.45) is 4.83. The normalized spacial score (nSPS) is 21.7. The molecule has 0 spiro atoms. The van der Waals surface area contributed by atoms with Gasteiger partial charge in [-0.2, -0.15) is 0 Å². The molecule has 2 fully saturated rings. The molecule has 2 aliphatic rings. The molecule has 0 radical (unpaired) electrons. The number of nitrogens with zero attached hydrogens (tertiary/aromatic N) is 1. The molecule has 3 rings (SSSR count). The summed E-state index contributed by atoms with van der Waals surface area (Å²) < 4.78 is 5.54. The molecule has 1 unspecified atom stereocenters. The summed E-state index contributed by atoms with van der Waals surface area (Å²) in [4.78, 5) is 14.4. The second kappa shape index (κ2) is 7.05. The summed E-state index contributed by atoms with van der Waals surface area (Å²) in [5.41, 5.74) is 1.27. The fourth-order valence-electron chi connectivity index (χ4n) is 2.85. The summed E-state index contributed by atoms with van der Waals surface area (Å²) in [6, 6.07) is 11.0. The highest BCUT2D eigenvalue weighted by Gasteiger charge is 2.30. The Kier molecular flexibility index (Phi) is 4.88. The van der Waals surface area contributed by atoms with Crippen molar-refractivity contribution in [2.24, 2.45) is 0 Å². The highest BCUT2D eigenvalue weighted by molar-refractivity contribution is 5.78. The first kappa shape index (κ1) is 14.5. The van der Waals surface area contributed by atoms with E-state index in [1.807, 2.05) is 6.07 Å². The third kappa shape index (κ3) is 4.55. The molecule has 1 aliphatic heterocycles. The Morgan fingerprint density at radius 1 is 1.24 bits per heavy atom. The van der Waals surface area contributed by atoms with E-state index < -0.39 is 0 Å². The molecular weight excluding hydrogens is 264 g/mol. The van der Waals surface area contributed by atoms with Gasteiger partial charge in [0.05, 0.1) is 12.6 Å². The maximum atomic E-state index is 12.1. The first-order valence-electron chi connectivity index (χ1n) is 7.97. The molecule has 114 valence electrons. The van der Waals surface area contributed by atoms with E-state index >= 15 is 0 Å². The van der Waals surface area contributed by atoms with Crippen LogP contribution in [-0.4, -0.2) is 42.6 Å². The highest BCUT2D eigenvalue weighted by atomic mass is 16.5. The van der Waals surface area contributed by atoms with E-state index in [-0.39, 0.29) is 12.0 Å². The average Bonchev–Trinajstić information content (AvgIpc) is 3.22. The lowest BCUT2D eigenvalue weighted by Gasteiger charge is -2.22. The summed E-state index contributed by atoms with van der Waals surface area (Å²) in [6.45, 7) is 2.84. The van der Waals surface area contributed by atoms with Crippen LogP contribution in [0.4, 0.5) is 0 Å². The van der Waals surface area contributed by atoms with E-state index in [4.69, 9.17) is 4.74 Å². The fourth-order valence-corrected chi connectivity index (χ4v) is 2.85. The quantitative estimate of drug-likeness (QED) is 0.834. The Morgan fingerprint density at radius 2 is 2.05 bits per heavy atom. The second-order valence-corrected chi connectivity index (χ2v) is 6.06. The topological polar surface area (TPSA) is 41.6 Å². The van der Waals surface area contributed by atoms with Gasteiger partial charge in [-0.15, -0.1) is 0 Å². The SMILES string of the molecule is O=C(CN(Cc1ccccc1)C1CC1)NCC1CCCO1. The van der Waals surface area contributed by atoms with Gasteiger partial charge in [-0.1, -0.05) is 30.3 Å². The van der Waals surface area contributed by atoms with E-state index in [1.54, 1.807) is 0 Å². The van der Waals surface area contributed by atoms with E-state index in [2.05, 4.69) is 34.5 Å². The number of benzene rings is 1. The molecule has 4 heteroatoms. The molecule has 1 atom stereocenters. The van der Waals surface area contributed by atoms with Crippen molar-refractivity contribution in [2.75, 3.05) is 19.7 Å². The van der Waals surface area contributed by atoms with Gasteiger partial charge in [0, 0.05) is 25.7 Å². The molecule has 1 N–H and O–H groups in total. The van der Waals surface area contributed by atoms with Crippen LogP contribution in [0, 0.1) is 0 Å². The van der Waals surface area contributed by atoms with E-state index in [1.165, 1.54) is 18.4 Å². The van der Waals surface area contributed by atoms with Gasteiger partial charge in [0.15, 0.2) is 0 Å². The first-order chi connectivity index (χ1) is 10.3. The lowest BCUT2D eigenvalue weighted by Crippen LogP contribution is -2.40. The number of carbonyl (C=O) groups excluding carboxylic acids is 1. The highest BCUT2D eigenvalue weighted by Crippen LogP contribution is 2.28. The molecular formula is C17H24N2O2. The Balaban J connectivity index is 1.46. The third-order valence-electron chi connectivity index (χ3n) is 4.19. The van der Waals surface area contributed by atoms with E-state index in [0.717, 1.165) is 26.0 Å². The summed E-state index contributed by atoms with van der Waals surface area (Å²) in [5.74, 6) is 0.119. The molecule has 1 amide bonds. The van der Waals surface area contributed by atoms with Crippen molar-refractivity contribution in [3.05, 3.63) is 35.9 Å². The zero-order valence-corrected chi connectivity index (χ0v) is 12.5. The molecule has 1 saturated carbocycles. The van der Waals surface area contributed by atoms with Crippen LogP contribution in [0.25, 0.3) is 0 Å². The number of hydrogen-bond donors (Lipinski definition) is 1. The predicted molar refractivity (Wildman–Crippen MR) is 81.9 cm³/mol. The zero-order valence-electron chi connectivity index (χ0n) is 12.5. The van der Waals surface area contributed by atoms with Crippen molar-refractivity contribution in [2.45, 2.75) is 44.4 Å². The Labute approximate surface area is 126 Å². The van der Waals surface area contributed by atoms with Crippen LogP contribution in [-0.2, 0) is 16.1 Å². The first-order valence-corrected chi connectivity index (χ1v) is 7.97. The maximum Gasteiger partial charge on any atom is 0.234 e. The van der Waals surface area contributed by atoms with Gasteiger partial charge in [-0.25, -0.2) is 0 Å². The van der Waals surface area contributed by atoms with Gasteiger partial charge in [0.1, 0.15) is 0 Å². The Morgan fingerprint density at radius 3 is 2.71 bits per heavy atom. The van der Waals surface area contributed by atoms with Crippen LogP contribution >= 0.6 is 0 Å². The third-order valence-corrected chi connectivity index (χ3v) is 4.19. The predicted octanol–water partition coefficient (Wildman–Crippen LogP) is 1.95. The smallest absolute Gasteiger partial charge is 0.234 e. The number of nitrogens with one attached hydrogen (secondary N) is 1. The molecule has 0 aromatic heterocycles. The summed E-state index contributed by atoms with van der Waals surface area (Å²) >= 11 is 0. The molecule has 1 heterocycles. The van der Waals surface area contributed by atoms with Crippen LogP contribution in [0.2, 0.25) is 0 Å². The van der Waals surface area contributed by atoms with Crippen molar-refractivity contribution in [3.63, 3.8) is 0 Å². The van der Waals surface area contributed by atoms with Crippen LogP contribution < -0.4 is 5.32 Å². The van der Waals surface area contributed by atoms with E-state index in [9.17, 15) is 4.79 Å². The monoisotopic (exact) mass is 288 g/mol. The van der Waals surface area contributed by atoms with Gasteiger partial charge >= 0.3 is 0 Å². The second-order valence-electron chi connectivity index (χ2n) is 6.06. The van der Waals surface area contributed by atoms with Crippen molar-refractivity contribution in [3.8, 4) is 0 Å². The van der Waals surface area contributed by atoms with Gasteiger partial charge in [0.25, 0.3) is 0 Å². The molecule has 1 saturated heterocycles. The van der Waals surface area contributed by atoms with Crippen LogP contribution in [0.3, 0.4) is 0 Å². The van der Waals surface area contributed by atoms with Gasteiger partial charge < -0.3 is 10.1 Å². The number of rotatable bonds is 7. The molecule has 0 bridgehead atoms. The van der Waals surface area contributed by atoms with Gasteiger partial charge in [0.2, 0.25) is 5.91 Å². The molecule has 1 aliphatic carbocycles. The van der Waals surface area contributed by atoms with Gasteiger partial charge in [-0.3, -0.25) is 9.69 Å². The van der Waals surface area contributed by atoms with Crippen molar-refractivity contribution >= 4 is 5.91 Å². The standard InChI is InChI=1S/C17H24N2O2/c20-17(18-11-16-7-4-10-21-16)13-19(15-8-9-15)12-14-5-2-1-3-6-14/h1-3,5-6,15-16H,4,7-13H2,(H,18,20). The van der Waals surface area contributed by atoms with Gasteiger partial charge in [-0.05, 0) is 31.2 Å². The lowest BCUT2D eigenvalue weighted by atomic mass is 10.2. The Bertz CT molecular complexity index is 453. The minimum absolute atomic E-state index is 0.119. The van der Waals surface area contributed by atoms with Crippen molar-refractivity contribution in [1.82, 2.24) is 10.2 Å². The minimum atomic E-state index is 0.119. The minimum Gasteiger partial charge on any atom is -0.376 e. The van der Waals surface area contributed by atoms with Crippen LogP contribution in [0.15, 0.2) is 30.3 Å². The molecule has 1 aromatic rings. The number of amides is 1. The van der Waals surface area contributed by atoms with E-state index in [0.29, 0.717) is 19.1 Å². The molecule has 1 aromatic carbocycles. The molecule has 21 heavy (non-hydrogen) atoms.